The molecule has 1 heterocycles. The van der Waals surface area contributed by atoms with Crippen molar-refractivity contribution in [2.24, 2.45) is 16.7 Å². The van der Waals surface area contributed by atoms with E-state index >= 15 is 0 Å². The largest absolute Gasteiger partial charge is 0.493 e. The number of alkyl halides is 3. The molecule has 0 unspecified atom stereocenters. The number of nitrogens with zero attached hydrogens (tertiary/aromatic N) is 1. The van der Waals surface area contributed by atoms with Gasteiger partial charge in [0.25, 0.3) is 5.56 Å². The van der Waals surface area contributed by atoms with Gasteiger partial charge in [0.1, 0.15) is 11.6 Å². The summed E-state index contributed by atoms with van der Waals surface area (Å²) >= 11 is 0. The van der Waals surface area contributed by atoms with Gasteiger partial charge in [0.05, 0.1) is 17.9 Å². The smallest absolute Gasteiger partial charge is 0.389 e. The molecule has 0 aliphatic heterocycles. The van der Waals surface area contributed by atoms with Crippen LogP contribution in [-0.4, -0.2) is 23.6 Å². The Balaban J connectivity index is 0.00000247. The summed E-state index contributed by atoms with van der Waals surface area (Å²) in [6.07, 6.45) is -4.23. The zero-order valence-corrected chi connectivity index (χ0v) is 21.6. The number of rotatable bonds is 10. The Labute approximate surface area is 218 Å². The molecule has 0 atom stereocenters. The molecule has 0 saturated heterocycles. The Morgan fingerprint density at radius 3 is 2.32 bits per heavy atom. The van der Waals surface area contributed by atoms with Crippen LogP contribution < -0.4 is 27.4 Å². The number of aryl methyl sites for hydroxylation is 1. The highest BCUT2D eigenvalue weighted by Gasteiger charge is 2.25. The lowest BCUT2D eigenvalue weighted by atomic mass is 9.97. The summed E-state index contributed by atoms with van der Waals surface area (Å²) < 4.78 is 57.1. The van der Waals surface area contributed by atoms with E-state index in [4.69, 9.17) is 16.3 Å². The van der Waals surface area contributed by atoms with Crippen LogP contribution >= 0.6 is 0 Å². The van der Waals surface area contributed by atoms with Crippen LogP contribution in [0.2, 0.25) is 0 Å². The van der Waals surface area contributed by atoms with Crippen LogP contribution in [0.25, 0.3) is 22.4 Å². The lowest BCUT2D eigenvalue weighted by Gasteiger charge is -2.13. The van der Waals surface area contributed by atoms with Gasteiger partial charge in [-0.1, -0.05) is 43.7 Å². The molecule has 3 rings (SSSR count). The second-order valence-corrected chi connectivity index (χ2v) is 8.21. The van der Waals surface area contributed by atoms with Crippen molar-refractivity contribution in [3.63, 3.8) is 0 Å². The van der Waals surface area contributed by atoms with Crippen molar-refractivity contribution >= 4 is 5.84 Å². The van der Waals surface area contributed by atoms with Gasteiger partial charge < -0.3 is 15.5 Å². The van der Waals surface area contributed by atoms with Crippen molar-refractivity contribution in [2.45, 2.75) is 52.6 Å². The highest BCUT2D eigenvalue weighted by Crippen LogP contribution is 2.30. The number of aromatic amines is 1. The van der Waals surface area contributed by atoms with Crippen LogP contribution in [0.3, 0.4) is 0 Å². The molecule has 11 heteroatoms. The molecule has 2 aromatic carbocycles. The summed E-state index contributed by atoms with van der Waals surface area (Å²) in [6.45, 7) is 6.08. The molecule has 0 spiro atoms. The SMILES string of the molecule is CC.Cc1ccc(-c2cc(-c3ccc(OCCCCCC(F)(F)F)cc3F)[nH]c(=O)c2/C(N)=N/NN)cc1. The second-order valence-electron chi connectivity index (χ2n) is 8.21. The number of hydrogen-bond acceptors (Lipinski definition) is 5. The molecule has 6 N–H and O–H groups in total. The van der Waals surface area contributed by atoms with E-state index in [1.807, 2.05) is 45.0 Å². The number of hydrazone groups is 1. The summed E-state index contributed by atoms with van der Waals surface area (Å²) in [4.78, 5) is 15.6. The second kappa shape index (κ2) is 14.2. The van der Waals surface area contributed by atoms with Gasteiger partial charge in [-0.25, -0.2) is 15.8 Å². The van der Waals surface area contributed by atoms with E-state index in [-0.39, 0.29) is 41.4 Å². The highest BCUT2D eigenvalue weighted by molar-refractivity contribution is 6.03. The zero-order valence-electron chi connectivity index (χ0n) is 21.6. The van der Waals surface area contributed by atoms with Gasteiger partial charge in [0, 0.05) is 23.6 Å². The number of unbranched alkanes of at least 4 members (excludes halogenated alkanes) is 2. The van der Waals surface area contributed by atoms with Crippen LogP contribution in [0, 0.1) is 12.7 Å². The van der Waals surface area contributed by atoms with Crippen molar-refractivity contribution in [1.82, 2.24) is 10.5 Å². The van der Waals surface area contributed by atoms with Gasteiger partial charge in [-0.3, -0.25) is 4.79 Å². The van der Waals surface area contributed by atoms with E-state index in [1.54, 1.807) is 6.07 Å². The number of aromatic nitrogens is 1. The summed E-state index contributed by atoms with van der Waals surface area (Å²) in [5, 5.41) is 3.71. The number of benzene rings is 2. The quantitative estimate of drug-likeness (QED) is 0.0657. The number of pyridine rings is 1. The van der Waals surface area contributed by atoms with E-state index in [9.17, 15) is 22.4 Å². The molecule has 0 fully saturated rings. The lowest BCUT2D eigenvalue weighted by Crippen LogP contribution is -2.29. The molecule has 206 valence electrons. The average Bonchev–Trinajstić information content (AvgIpc) is 2.87. The minimum Gasteiger partial charge on any atom is -0.493 e. The minimum atomic E-state index is -4.17. The lowest BCUT2D eigenvalue weighted by molar-refractivity contribution is -0.135. The predicted octanol–water partition coefficient (Wildman–Crippen LogP) is 5.77. The average molecular weight is 536 g/mol. The Hall–Kier alpha value is -3.86. The molecule has 0 aliphatic carbocycles. The first-order valence-electron chi connectivity index (χ1n) is 12.2. The Bertz CT molecular complexity index is 1270. The van der Waals surface area contributed by atoms with Gasteiger partial charge >= 0.3 is 6.18 Å². The highest BCUT2D eigenvalue weighted by atomic mass is 19.4. The molecule has 7 nitrogen and oxygen atoms in total. The third-order valence-corrected chi connectivity index (χ3v) is 5.44. The van der Waals surface area contributed by atoms with Crippen molar-refractivity contribution in [1.29, 1.82) is 0 Å². The van der Waals surface area contributed by atoms with Crippen LogP contribution in [0.1, 0.15) is 50.7 Å². The van der Waals surface area contributed by atoms with Crippen LogP contribution in [-0.2, 0) is 0 Å². The van der Waals surface area contributed by atoms with Crippen molar-refractivity contribution < 1.29 is 22.3 Å². The number of nitrogens with one attached hydrogen (secondary N) is 2. The molecule has 1 aromatic heterocycles. The molecule has 0 aliphatic rings. The van der Waals surface area contributed by atoms with Gasteiger partial charge in [0.2, 0.25) is 0 Å². The number of hydrazine groups is 1. The first-order valence-corrected chi connectivity index (χ1v) is 12.2. The molecule has 3 aromatic rings. The Kier molecular flexibility index (Phi) is 11.3. The van der Waals surface area contributed by atoms with Crippen molar-refractivity contribution in [3.05, 3.63) is 75.8 Å². The predicted molar refractivity (Wildman–Crippen MR) is 142 cm³/mol. The molecule has 0 radical (unpaired) electrons. The van der Waals surface area contributed by atoms with E-state index in [2.05, 4.69) is 15.6 Å². The minimum absolute atomic E-state index is 0.0173. The Morgan fingerprint density at radius 1 is 1.03 bits per heavy atom. The molecule has 0 amide bonds. The first kappa shape index (κ1) is 30.4. The maximum atomic E-state index is 15.0. The number of ether oxygens (including phenoxy) is 1. The maximum absolute atomic E-state index is 15.0. The van der Waals surface area contributed by atoms with E-state index < -0.39 is 24.0 Å². The monoisotopic (exact) mass is 535 g/mol. The first-order chi connectivity index (χ1) is 18.1. The standard InChI is InChI=1S/C25H27F4N5O2.C2H6/c1-15-5-7-16(8-6-15)19-14-21(32-24(35)22(19)23(30)33-34-31)18-10-9-17(13-20(18)26)36-12-4-2-3-11-25(27,28)29;1-2/h5-10,13-14,34H,2-4,11-12,31H2,1H3,(H2,30,33)(H,32,35);1-2H3. The number of nitrogens with two attached hydrogens (primary N) is 2. The van der Waals surface area contributed by atoms with Crippen LogP contribution in [0.4, 0.5) is 17.6 Å². The van der Waals surface area contributed by atoms with Crippen LogP contribution in [0.5, 0.6) is 5.75 Å². The van der Waals surface area contributed by atoms with Crippen molar-refractivity contribution in [3.8, 4) is 28.1 Å². The summed E-state index contributed by atoms with van der Waals surface area (Å²) in [7, 11) is 0. The third-order valence-electron chi connectivity index (χ3n) is 5.44. The third kappa shape index (κ3) is 8.62. The van der Waals surface area contributed by atoms with Gasteiger partial charge in [-0.2, -0.15) is 13.2 Å². The van der Waals surface area contributed by atoms with Crippen molar-refractivity contribution in [2.75, 3.05) is 6.61 Å². The van der Waals surface area contributed by atoms with Gasteiger partial charge in [-0.05, 0) is 49.9 Å². The van der Waals surface area contributed by atoms with Gasteiger partial charge in [-0.15, -0.1) is 5.10 Å². The summed E-state index contributed by atoms with van der Waals surface area (Å²) in [5.74, 6) is 4.67. The molecular formula is C27H33F4N5O2. The zero-order chi connectivity index (χ0) is 28.3. The topological polar surface area (TPSA) is 119 Å². The van der Waals surface area contributed by atoms with E-state index in [0.29, 0.717) is 24.0 Å². The van der Waals surface area contributed by atoms with Gasteiger partial charge in [0.15, 0.2) is 5.84 Å². The van der Waals surface area contributed by atoms with E-state index in [1.165, 1.54) is 12.1 Å². The number of halogens is 4. The fourth-order valence-corrected chi connectivity index (χ4v) is 3.64. The molecule has 0 bridgehead atoms. The number of H-pyrrole nitrogens is 1. The summed E-state index contributed by atoms with van der Waals surface area (Å²) in [6, 6.07) is 13.1. The fourth-order valence-electron chi connectivity index (χ4n) is 3.64. The van der Waals surface area contributed by atoms with Crippen LogP contribution in [0.15, 0.2) is 58.4 Å². The number of amidine groups is 1. The molecular weight excluding hydrogens is 502 g/mol. The molecule has 38 heavy (non-hydrogen) atoms. The fraction of sp³-hybridized carbons (Fsp3) is 0.333. The molecule has 0 saturated carbocycles. The normalized spacial score (nSPS) is 11.5. The number of hydrogen-bond donors (Lipinski definition) is 4. The Morgan fingerprint density at radius 2 is 1.71 bits per heavy atom. The maximum Gasteiger partial charge on any atom is 0.389 e. The van der Waals surface area contributed by atoms with E-state index in [0.717, 1.165) is 11.6 Å². The summed E-state index contributed by atoms with van der Waals surface area (Å²) in [5.41, 5.74) is 9.96.